The highest BCUT2D eigenvalue weighted by molar-refractivity contribution is 5.30. The molecule has 4 nitrogen and oxygen atoms in total. The van der Waals surface area contributed by atoms with Crippen molar-refractivity contribution in [3.8, 4) is 5.69 Å². The number of rotatable bonds is 5. The summed E-state index contributed by atoms with van der Waals surface area (Å²) in [7, 11) is 0. The molecule has 1 aliphatic rings. The first-order chi connectivity index (χ1) is 10.3. The maximum absolute atomic E-state index is 9.14. The molecular formula is C17H22N2O2. The van der Waals surface area contributed by atoms with Gasteiger partial charge in [-0.2, -0.15) is 5.10 Å². The van der Waals surface area contributed by atoms with Gasteiger partial charge in [-0.25, -0.2) is 4.68 Å². The third-order valence-electron chi connectivity index (χ3n) is 4.18. The smallest absolute Gasteiger partial charge is 0.0910 e. The molecule has 0 unspecified atom stereocenters. The van der Waals surface area contributed by atoms with Gasteiger partial charge in [-0.05, 0) is 49.8 Å². The summed E-state index contributed by atoms with van der Waals surface area (Å²) < 4.78 is 7.83. The van der Waals surface area contributed by atoms with Crippen molar-refractivity contribution in [2.45, 2.75) is 38.4 Å². The fourth-order valence-corrected chi connectivity index (χ4v) is 2.85. The molecule has 0 atom stereocenters. The van der Waals surface area contributed by atoms with Crippen LogP contribution in [0.1, 0.15) is 31.4 Å². The number of hydrogen-bond acceptors (Lipinski definition) is 3. The second-order valence-corrected chi connectivity index (χ2v) is 5.72. The first kappa shape index (κ1) is 14.3. The summed E-state index contributed by atoms with van der Waals surface area (Å²) in [5.41, 5.74) is 2.02. The zero-order valence-corrected chi connectivity index (χ0v) is 12.2. The molecule has 112 valence electrons. The first-order valence-corrected chi connectivity index (χ1v) is 7.67. The topological polar surface area (TPSA) is 47.3 Å². The van der Waals surface area contributed by atoms with Crippen LogP contribution in [0.3, 0.4) is 0 Å². The Labute approximate surface area is 125 Å². The number of aliphatic hydroxyl groups is 1. The Morgan fingerprint density at radius 2 is 1.86 bits per heavy atom. The van der Waals surface area contributed by atoms with E-state index in [0.717, 1.165) is 37.1 Å². The van der Waals surface area contributed by atoms with Gasteiger partial charge >= 0.3 is 0 Å². The molecule has 0 radical (unpaired) electrons. The molecule has 4 heteroatoms. The molecule has 0 amide bonds. The lowest BCUT2D eigenvalue weighted by Crippen LogP contribution is -2.23. The second kappa shape index (κ2) is 6.87. The summed E-state index contributed by atoms with van der Waals surface area (Å²) in [4.78, 5) is 0. The van der Waals surface area contributed by atoms with Gasteiger partial charge in [-0.15, -0.1) is 0 Å². The van der Waals surface area contributed by atoms with Crippen molar-refractivity contribution in [2.75, 3.05) is 6.61 Å². The molecular weight excluding hydrogens is 264 g/mol. The van der Waals surface area contributed by atoms with Crippen LogP contribution in [0.5, 0.6) is 0 Å². The summed E-state index contributed by atoms with van der Waals surface area (Å²) in [6, 6.07) is 12.1. The predicted molar refractivity (Wildman–Crippen MR) is 81.2 cm³/mol. The Morgan fingerprint density at radius 1 is 1.10 bits per heavy atom. The lowest BCUT2D eigenvalue weighted by atomic mass is 9.88. The highest BCUT2D eigenvalue weighted by Crippen LogP contribution is 2.26. The highest BCUT2D eigenvalue weighted by Gasteiger charge is 2.21. The van der Waals surface area contributed by atoms with Crippen LogP contribution < -0.4 is 0 Å². The van der Waals surface area contributed by atoms with Crippen LogP contribution in [0.2, 0.25) is 0 Å². The van der Waals surface area contributed by atoms with E-state index in [1.54, 1.807) is 0 Å². The molecule has 0 bridgehead atoms. The van der Waals surface area contributed by atoms with Crippen LogP contribution in [-0.4, -0.2) is 27.6 Å². The monoisotopic (exact) mass is 286 g/mol. The molecule has 21 heavy (non-hydrogen) atoms. The maximum Gasteiger partial charge on any atom is 0.0910 e. The Bertz CT molecular complexity index is 545. The summed E-state index contributed by atoms with van der Waals surface area (Å²) >= 11 is 0. The lowest BCUT2D eigenvalue weighted by Gasteiger charge is -2.27. The normalized spacial score (nSPS) is 22.3. The molecule has 3 rings (SSSR count). The average molecular weight is 286 g/mol. The van der Waals surface area contributed by atoms with Crippen molar-refractivity contribution in [1.29, 1.82) is 0 Å². The summed E-state index contributed by atoms with van der Waals surface area (Å²) in [6.07, 6.45) is 6.51. The molecule has 0 saturated heterocycles. The van der Waals surface area contributed by atoms with Gasteiger partial charge in [0.05, 0.1) is 24.1 Å². The number of aromatic nitrogens is 2. The average Bonchev–Trinajstić information content (AvgIpc) is 3.03. The Hall–Kier alpha value is -1.65. The van der Waals surface area contributed by atoms with Crippen LogP contribution in [0.25, 0.3) is 5.69 Å². The number of nitrogens with zero attached hydrogens (tertiary/aromatic N) is 2. The standard InChI is InChI=1S/C17H22N2O2/c20-12-14-6-8-17(9-7-14)21-13-15-10-11-19(18-15)16-4-2-1-3-5-16/h1-5,10-11,14,17,20H,6-9,12-13H2. The number of ether oxygens (including phenoxy) is 1. The van der Waals surface area contributed by atoms with Crippen LogP contribution in [0, 0.1) is 5.92 Å². The van der Waals surface area contributed by atoms with E-state index in [1.165, 1.54) is 0 Å². The predicted octanol–water partition coefficient (Wildman–Crippen LogP) is 2.94. The zero-order valence-electron chi connectivity index (χ0n) is 12.2. The van der Waals surface area contributed by atoms with E-state index in [-0.39, 0.29) is 0 Å². The first-order valence-electron chi connectivity index (χ1n) is 7.67. The molecule has 1 fully saturated rings. The molecule has 1 heterocycles. The molecule has 1 aromatic carbocycles. The van der Waals surface area contributed by atoms with Gasteiger partial charge in [0.25, 0.3) is 0 Å². The summed E-state index contributed by atoms with van der Waals surface area (Å²) in [5, 5.41) is 13.7. The second-order valence-electron chi connectivity index (χ2n) is 5.72. The van der Waals surface area contributed by atoms with Crippen molar-refractivity contribution in [2.24, 2.45) is 5.92 Å². The minimum Gasteiger partial charge on any atom is -0.396 e. The van der Waals surface area contributed by atoms with Crippen molar-refractivity contribution in [3.63, 3.8) is 0 Å². The van der Waals surface area contributed by atoms with Gasteiger partial charge in [-0.3, -0.25) is 0 Å². The van der Waals surface area contributed by atoms with E-state index >= 15 is 0 Å². The van der Waals surface area contributed by atoms with E-state index in [2.05, 4.69) is 5.10 Å². The minimum atomic E-state index is 0.314. The maximum atomic E-state index is 9.14. The van der Waals surface area contributed by atoms with Crippen LogP contribution in [0.4, 0.5) is 0 Å². The molecule has 2 aromatic rings. The third-order valence-corrected chi connectivity index (χ3v) is 4.18. The quantitative estimate of drug-likeness (QED) is 0.919. The fourth-order valence-electron chi connectivity index (χ4n) is 2.85. The molecule has 1 aliphatic carbocycles. The van der Waals surface area contributed by atoms with Crippen LogP contribution in [0.15, 0.2) is 42.6 Å². The van der Waals surface area contributed by atoms with Gasteiger partial charge in [0, 0.05) is 12.8 Å². The zero-order chi connectivity index (χ0) is 14.5. The van der Waals surface area contributed by atoms with E-state index in [4.69, 9.17) is 9.84 Å². The van der Waals surface area contributed by atoms with Crippen molar-refractivity contribution < 1.29 is 9.84 Å². The number of benzene rings is 1. The highest BCUT2D eigenvalue weighted by atomic mass is 16.5. The van der Waals surface area contributed by atoms with E-state index in [1.807, 2.05) is 47.3 Å². The van der Waals surface area contributed by atoms with Crippen LogP contribution >= 0.6 is 0 Å². The summed E-state index contributed by atoms with van der Waals surface area (Å²) in [5.74, 6) is 0.474. The van der Waals surface area contributed by atoms with E-state index < -0.39 is 0 Å². The molecule has 0 aliphatic heterocycles. The summed E-state index contributed by atoms with van der Waals surface area (Å²) in [6.45, 7) is 0.877. The van der Waals surface area contributed by atoms with Crippen molar-refractivity contribution >= 4 is 0 Å². The van der Waals surface area contributed by atoms with Crippen molar-refractivity contribution in [1.82, 2.24) is 9.78 Å². The van der Waals surface area contributed by atoms with Crippen molar-refractivity contribution in [3.05, 3.63) is 48.3 Å². The van der Waals surface area contributed by atoms with E-state index in [0.29, 0.717) is 25.2 Å². The van der Waals surface area contributed by atoms with Gasteiger partial charge in [0.2, 0.25) is 0 Å². The number of hydrogen-bond donors (Lipinski definition) is 1. The molecule has 1 saturated carbocycles. The molecule has 1 aromatic heterocycles. The Balaban J connectivity index is 1.52. The van der Waals surface area contributed by atoms with Gasteiger partial charge in [-0.1, -0.05) is 18.2 Å². The number of aliphatic hydroxyl groups excluding tert-OH is 1. The fraction of sp³-hybridized carbons (Fsp3) is 0.471. The van der Waals surface area contributed by atoms with Gasteiger partial charge in [0.1, 0.15) is 0 Å². The van der Waals surface area contributed by atoms with Gasteiger partial charge < -0.3 is 9.84 Å². The number of para-hydroxylation sites is 1. The lowest BCUT2D eigenvalue weighted by molar-refractivity contribution is -0.000248. The third kappa shape index (κ3) is 3.71. The molecule has 1 N–H and O–H groups in total. The van der Waals surface area contributed by atoms with Crippen LogP contribution in [-0.2, 0) is 11.3 Å². The Morgan fingerprint density at radius 3 is 2.57 bits per heavy atom. The minimum absolute atomic E-state index is 0.314. The largest absolute Gasteiger partial charge is 0.396 e. The SMILES string of the molecule is OCC1CCC(OCc2ccn(-c3ccccc3)n2)CC1. The molecule has 0 spiro atoms. The van der Waals surface area contributed by atoms with E-state index in [9.17, 15) is 0 Å². The van der Waals surface area contributed by atoms with Gasteiger partial charge in [0.15, 0.2) is 0 Å². The Kier molecular flexibility index (Phi) is 4.68.